The van der Waals surface area contributed by atoms with Crippen molar-refractivity contribution < 1.29 is 22.1 Å². The van der Waals surface area contributed by atoms with Gasteiger partial charge in [0.2, 0.25) is 0 Å². The average molecular weight is 542 g/mol. The second kappa shape index (κ2) is 12.2. The van der Waals surface area contributed by atoms with Crippen molar-refractivity contribution in [3.63, 3.8) is 0 Å². The van der Waals surface area contributed by atoms with E-state index in [1.807, 2.05) is 0 Å². The summed E-state index contributed by atoms with van der Waals surface area (Å²) in [5.41, 5.74) is 6.79. The molecule has 32 heavy (non-hydrogen) atoms. The molecule has 0 aliphatic heterocycles. The van der Waals surface area contributed by atoms with Gasteiger partial charge in [-0.3, -0.25) is 0 Å². The molecule has 0 radical (unpaired) electrons. The number of hydrogen-bond acceptors (Lipinski definition) is 6. The summed E-state index contributed by atoms with van der Waals surface area (Å²) in [6, 6.07) is -0.297. The van der Waals surface area contributed by atoms with Crippen molar-refractivity contribution in [1.82, 2.24) is 0 Å². The summed E-state index contributed by atoms with van der Waals surface area (Å²) in [7, 11) is -9.20. The van der Waals surface area contributed by atoms with E-state index in [0.717, 1.165) is 0 Å². The van der Waals surface area contributed by atoms with Gasteiger partial charge >= 0.3 is 0 Å². The van der Waals surface area contributed by atoms with Crippen LogP contribution in [-0.2, 0) is 22.1 Å². The van der Waals surface area contributed by atoms with Gasteiger partial charge in [-0.1, -0.05) is 0 Å². The molecule has 0 heterocycles. The Hall–Kier alpha value is 0.844. The Morgan fingerprint density at radius 3 is 1.16 bits per heavy atom. The molecule has 2 N–H and O–H groups in total. The number of nitrogens with two attached hydrogens (primary N) is 1. The third kappa shape index (κ3) is 17.3. The Morgan fingerprint density at radius 1 is 0.469 bits per heavy atom. The van der Waals surface area contributed by atoms with E-state index in [0.29, 0.717) is 13.2 Å². The maximum absolute atomic E-state index is 6.82. The standard InChI is InChI=1S/C21H55NO5Si5/c1-28(2,3)23-16-18(22)20(26-31(10,11)12)21(27-32(13,14)15)19(25-30(7,8)9)17-24-29(4,5)6/h18-21H,16-17,22H2,1-15H3. The molecule has 0 spiro atoms. The van der Waals surface area contributed by atoms with E-state index in [9.17, 15) is 0 Å². The highest BCUT2D eigenvalue weighted by atomic mass is 28.4. The highest BCUT2D eigenvalue weighted by Crippen LogP contribution is 2.26. The predicted molar refractivity (Wildman–Crippen MR) is 151 cm³/mol. The van der Waals surface area contributed by atoms with Gasteiger partial charge < -0.3 is 27.9 Å². The molecule has 6 nitrogen and oxygen atoms in total. The van der Waals surface area contributed by atoms with Gasteiger partial charge in [-0.05, 0) is 98.2 Å². The summed E-state index contributed by atoms with van der Waals surface area (Å²) in [5, 5.41) is 0. The van der Waals surface area contributed by atoms with Crippen LogP contribution in [0.2, 0.25) is 98.2 Å². The lowest BCUT2D eigenvalue weighted by Gasteiger charge is -2.44. The SMILES string of the molecule is C[Si](C)(C)OCC(N)C(O[Si](C)(C)C)C(O[Si](C)(C)C)C(CO[Si](C)(C)C)O[Si](C)(C)C. The molecule has 4 unspecified atom stereocenters. The van der Waals surface area contributed by atoms with Crippen LogP contribution in [0.3, 0.4) is 0 Å². The molecular formula is C21H55NO5Si5. The summed E-state index contributed by atoms with van der Waals surface area (Å²) in [6.45, 7) is 34.0. The molecule has 0 aliphatic carbocycles. The molecule has 0 aromatic rings. The molecule has 0 saturated carbocycles. The van der Waals surface area contributed by atoms with Crippen molar-refractivity contribution in [3.05, 3.63) is 0 Å². The predicted octanol–water partition coefficient (Wildman–Crippen LogP) is 5.68. The lowest BCUT2D eigenvalue weighted by molar-refractivity contribution is -0.0614. The zero-order chi connectivity index (χ0) is 25.8. The van der Waals surface area contributed by atoms with E-state index >= 15 is 0 Å². The van der Waals surface area contributed by atoms with Gasteiger partial charge in [-0.25, -0.2) is 0 Å². The first-order valence-electron chi connectivity index (χ1n) is 12.0. The molecule has 0 aromatic carbocycles. The Bertz CT molecular complexity index is 547. The van der Waals surface area contributed by atoms with Gasteiger partial charge in [-0.2, -0.15) is 0 Å². The summed E-state index contributed by atoms with van der Waals surface area (Å²) in [4.78, 5) is 0. The van der Waals surface area contributed by atoms with Crippen LogP contribution in [-0.4, -0.2) is 79.2 Å². The Kier molecular flexibility index (Phi) is 12.5. The quantitative estimate of drug-likeness (QED) is 0.269. The number of rotatable bonds is 15. The molecule has 0 amide bonds. The fourth-order valence-corrected chi connectivity index (χ4v) is 7.69. The molecule has 0 bridgehead atoms. The van der Waals surface area contributed by atoms with E-state index in [4.69, 9.17) is 27.9 Å². The second-order valence-corrected chi connectivity index (χ2v) is 36.1. The molecule has 0 aromatic heterocycles. The largest absolute Gasteiger partial charge is 0.416 e. The van der Waals surface area contributed by atoms with Crippen LogP contribution in [0.25, 0.3) is 0 Å². The molecule has 0 rings (SSSR count). The van der Waals surface area contributed by atoms with Crippen LogP contribution >= 0.6 is 0 Å². The zero-order valence-electron chi connectivity index (χ0n) is 23.8. The van der Waals surface area contributed by atoms with Crippen LogP contribution in [0.5, 0.6) is 0 Å². The van der Waals surface area contributed by atoms with Crippen LogP contribution < -0.4 is 5.73 Å². The smallest absolute Gasteiger partial charge is 0.184 e. The molecule has 0 aliphatic rings. The zero-order valence-corrected chi connectivity index (χ0v) is 28.8. The first-order valence-corrected chi connectivity index (χ1v) is 29.0. The number of hydrogen-bond donors (Lipinski definition) is 1. The van der Waals surface area contributed by atoms with Gasteiger partial charge in [0.05, 0.1) is 37.6 Å². The lowest BCUT2D eigenvalue weighted by atomic mass is 10.0. The van der Waals surface area contributed by atoms with E-state index < -0.39 is 41.6 Å². The fourth-order valence-electron chi connectivity index (χ4n) is 2.99. The van der Waals surface area contributed by atoms with Gasteiger partial charge in [0.15, 0.2) is 41.6 Å². The van der Waals surface area contributed by atoms with Crippen LogP contribution in [0.1, 0.15) is 0 Å². The summed E-state index contributed by atoms with van der Waals surface area (Å²) in [5.74, 6) is 0. The average Bonchev–Trinajstić information content (AvgIpc) is 2.48. The minimum absolute atomic E-state index is 0.223. The minimum atomic E-state index is -1.94. The third-order valence-electron chi connectivity index (χ3n) is 3.99. The van der Waals surface area contributed by atoms with Crippen LogP contribution in [0.4, 0.5) is 0 Å². The summed E-state index contributed by atoms with van der Waals surface area (Å²) >= 11 is 0. The van der Waals surface area contributed by atoms with Crippen molar-refractivity contribution in [2.24, 2.45) is 5.73 Å². The Morgan fingerprint density at radius 2 is 0.812 bits per heavy atom. The summed E-state index contributed by atoms with van der Waals surface area (Å²) < 4.78 is 32.8. The fraction of sp³-hybridized carbons (Fsp3) is 1.00. The topological polar surface area (TPSA) is 72.2 Å². The molecule has 194 valence electrons. The van der Waals surface area contributed by atoms with E-state index in [1.54, 1.807) is 0 Å². The van der Waals surface area contributed by atoms with E-state index in [-0.39, 0.29) is 24.4 Å². The molecule has 4 atom stereocenters. The van der Waals surface area contributed by atoms with Gasteiger partial charge in [0.1, 0.15) is 0 Å². The Balaban J connectivity index is 6.25. The van der Waals surface area contributed by atoms with Gasteiger partial charge in [-0.15, -0.1) is 0 Å². The second-order valence-electron chi connectivity index (χ2n) is 13.7. The van der Waals surface area contributed by atoms with Gasteiger partial charge in [0, 0.05) is 0 Å². The van der Waals surface area contributed by atoms with Crippen molar-refractivity contribution in [1.29, 1.82) is 0 Å². The molecule has 11 heteroatoms. The molecular weight excluding hydrogens is 487 g/mol. The maximum atomic E-state index is 6.82. The van der Waals surface area contributed by atoms with E-state index in [2.05, 4.69) is 98.2 Å². The summed E-state index contributed by atoms with van der Waals surface area (Å²) in [6.07, 6.45) is -0.826. The third-order valence-corrected chi connectivity index (χ3v) is 9.02. The highest BCUT2D eigenvalue weighted by Gasteiger charge is 2.43. The lowest BCUT2D eigenvalue weighted by Crippen LogP contribution is -2.61. The molecule has 0 fully saturated rings. The van der Waals surface area contributed by atoms with Crippen molar-refractivity contribution in [2.75, 3.05) is 13.2 Å². The minimum Gasteiger partial charge on any atom is -0.416 e. The maximum Gasteiger partial charge on any atom is 0.184 e. The highest BCUT2D eigenvalue weighted by molar-refractivity contribution is 6.71. The van der Waals surface area contributed by atoms with Crippen molar-refractivity contribution >= 4 is 41.6 Å². The van der Waals surface area contributed by atoms with E-state index in [1.165, 1.54) is 0 Å². The monoisotopic (exact) mass is 541 g/mol. The first kappa shape index (κ1) is 32.8. The Labute approximate surface area is 204 Å². The van der Waals surface area contributed by atoms with Gasteiger partial charge in [0.25, 0.3) is 0 Å². The van der Waals surface area contributed by atoms with Crippen LogP contribution in [0, 0.1) is 0 Å². The normalized spacial score (nSPS) is 18.4. The van der Waals surface area contributed by atoms with Crippen molar-refractivity contribution in [3.8, 4) is 0 Å². The van der Waals surface area contributed by atoms with Crippen LogP contribution in [0.15, 0.2) is 0 Å². The first-order chi connectivity index (χ1) is 13.9. The molecule has 0 saturated heterocycles. The van der Waals surface area contributed by atoms with Crippen molar-refractivity contribution in [2.45, 2.75) is 123 Å².